The molecule has 8 heteroatoms. The fraction of sp³-hybridized carbons (Fsp3) is 0.679. The molecule has 1 saturated carbocycles. The molecule has 3 unspecified atom stereocenters. The molecule has 3 fully saturated rings. The normalized spacial score (nSPS) is 26.1. The fourth-order valence-electron chi connectivity index (χ4n) is 6.45. The molecule has 3 atom stereocenters. The first-order valence-electron chi connectivity index (χ1n) is 13.8. The molecule has 1 aliphatic carbocycles. The zero-order chi connectivity index (χ0) is 25.4. The predicted molar refractivity (Wildman–Crippen MR) is 142 cm³/mol. The van der Waals surface area contributed by atoms with E-state index >= 15 is 0 Å². The summed E-state index contributed by atoms with van der Waals surface area (Å²) in [7, 11) is 0. The van der Waals surface area contributed by atoms with Crippen LogP contribution in [-0.2, 0) is 9.59 Å². The van der Waals surface area contributed by atoms with E-state index in [1.165, 1.54) is 16.8 Å². The molecule has 0 spiro atoms. The number of amides is 2. The monoisotopic (exact) mass is 494 g/mol. The van der Waals surface area contributed by atoms with Crippen LogP contribution in [0.1, 0.15) is 63.5 Å². The summed E-state index contributed by atoms with van der Waals surface area (Å²) in [4.78, 5) is 35.2. The summed E-state index contributed by atoms with van der Waals surface area (Å²) in [5, 5.41) is 4.67. The van der Waals surface area contributed by atoms with Gasteiger partial charge in [-0.25, -0.2) is 0 Å². The smallest absolute Gasteiger partial charge is 0.230 e. The lowest BCUT2D eigenvalue weighted by atomic mass is 9.80. The minimum atomic E-state index is -0.203. The molecule has 0 radical (unpaired) electrons. The van der Waals surface area contributed by atoms with Gasteiger partial charge in [-0.05, 0) is 49.8 Å². The van der Waals surface area contributed by atoms with Crippen LogP contribution in [0.15, 0.2) is 23.3 Å². The molecule has 1 aromatic rings. The maximum atomic E-state index is 13.3. The Balaban J connectivity index is 1.20. The summed E-state index contributed by atoms with van der Waals surface area (Å²) < 4.78 is 0. The van der Waals surface area contributed by atoms with E-state index < -0.39 is 0 Å². The van der Waals surface area contributed by atoms with E-state index in [2.05, 4.69) is 66.2 Å². The van der Waals surface area contributed by atoms with Crippen LogP contribution >= 0.6 is 0 Å². The fourth-order valence-corrected chi connectivity index (χ4v) is 6.45. The molecule has 1 aromatic carbocycles. The third kappa shape index (κ3) is 4.78. The topological polar surface area (TPSA) is 71.5 Å². The molecular weight excluding hydrogens is 452 g/mol. The van der Waals surface area contributed by atoms with Crippen LogP contribution in [0.5, 0.6) is 0 Å². The van der Waals surface area contributed by atoms with Crippen LogP contribution in [0.25, 0.3) is 0 Å². The van der Waals surface area contributed by atoms with Crippen molar-refractivity contribution in [3.63, 3.8) is 0 Å². The van der Waals surface area contributed by atoms with Crippen LogP contribution in [0, 0.1) is 25.7 Å². The third-order valence-corrected chi connectivity index (χ3v) is 8.31. The highest BCUT2D eigenvalue weighted by Crippen LogP contribution is 2.38. The summed E-state index contributed by atoms with van der Waals surface area (Å²) in [5.41, 5.74) is 7.09. The molecule has 0 aromatic heterocycles. The van der Waals surface area contributed by atoms with Crippen molar-refractivity contribution < 1.29 is 9.59 Å². The van der Waals surface area contributed by atoms with Crippen LogP contribution < -0.4 is 10.3 Å². The van der Waals surface area contributed by atoms with Gasteiger partial charge in [0.25, 0.3) is 0 Å². The lowest BCUT2D eigenvalue weighted by Gasteiger charge is -2.51. The first-order chi connectivity index (χ1) is 17.3. The summed E-state index contributed by atoms with van der Waals surface area (Å²) in [6, 6.07) is 6.78. The van der Waals surface area contributed by atoms with Crippen molar-refractivity contribution in [3.8, 4) is 0 Å². The summed E-state index contributed by atoms with van der Waals surface area (Å²) in [6.07, 6.45) is 5.13. The number of nitrogens with zero attached hydrogens (tertiary/aromatic N) is 5. The molecule has 2 saturated heterocycles. The number of rotatable bonds is 6. The highest BCUT2D eigenvalue weighted by Gasteiger charge is 2.50. The van der Waals surface area contributed by atoms with Gasteiger partial charge in [-0.15, -0.1) is 0 Å². The van der Waals surface area contributed by atoms with Gasteiger partial charge in [0.1, 0.15) is 5.84 Å². The van der Waals surface area contributed by atoms with E-state index in [-0.39, 0.29) is 30.1 Å². The Kier molecular flexibility index (Phi) is 7.13. The average Bonchev–Trinajstić information content (AvgIpc) is 3.30. The average molecular weight is 495 g/mol. The van der Waals surface area contributed by atoms with Gasteiger partial charge in [-0.3, -0.25) is 15.0 Å². The standard InChI is InChI=1S/C28H42N6O2/c1-19(2)18-33-27(36)22-7-5-6-8-23(22)34-25(29-30-28(33)34)11-12-26(35)32-15-13-31(14-16-32)24-17-20(3)9-10-21(24)4/h9-10,17,19,22-23,28,30H,5-8,11-16,18H2,1-4H3. The van der Waals surface area contributed by atoms with Gasteiger partial charge < -0.3 is 19.6 Å². The van der Waals surface area contributed by atoms with E-state index in [1.54, 1.807) is 0 Å². The second kappa shape index (κ2) is 10.3. The molecular formula is C28H42N6O2. The molecule has 36 heavy (non-hydrogen) atoms. The van der Waals surface area contributed by atoms with Gasteiger partial charge in [-0.2, -0.15) is 5.10 Å². The van der Waals surface area contributed by atoms with Crippen molar-refractivity contribution in [2.45, 2.75) is 78.6 Å². The van der Waals surface area contributed by atoms with Crippen molar-refractivity contribution in [1.82, 2.24) is 20.1 Å². The Labute approximate surface area is 215 Å². The molecule has 196 valence electrons. The highest BCUT2D eigenvalue weighted by atomic mass is 16.2. The number of fused-ring (bicyclic) bond motifs is 3. The van der Waals surface area contributed by atoms with Crippen LogP contribution in [0.3, 0.4) is 0 Å². The first-order valence-corrected chi connectivity index (χ1v) is 13.8. The zero-order valence-corrected chi connectivity index (χ0v) is 22.4. The number of aryl methyl sites for hydroxylation is 2. The molecule has 1 N–H and O–H groups in total. The largest absolute Gasteiger partial charge is 0.368 e. The Bertz CT molecular complexity index is 1020. The minimum absolute atomic E-state index is 0.0488. The Morgan fingerprint density at radius 1 is 1.11 bits per heavy atom. The molecule has 3 heterocycles. The van der Waals surface area contributed by atoms with Gasteiger partial charge in [-0.1, -0.05) is 38.8 Å². The lowest BCUT2D eigenvalue weighted by Crippen LogP contribution is -2.67. The predicted octanol–water partition coefficient (Wildman–Crippen LogP) is 3.29. The molecule has 8 nitrogen and oxygen atoms in total. The summed E-state index contributed by atoms with van der Waals surface area (Å²) in [6.45, 7) is 12.6. The number of nitrogens with one attached hydrogen (secondary N) is 1. The second-order valence-electron chi connectivity index (χ2n) is 11.4. The van der Waals surface area contributed by atoms with Crippen molar-refractivity contribution in [1.29, 1.82) is 0 Å². The second-order valence-corrected chi connectivity index (χ2v) is 11.4. The lowest BCUT2D eigenvalue weighted by molar-refractivity contribution is -0.156. The maximum absolute atomic E-state index is 13.3. The number of piperazine rings is 1. The molecule has 4 aliphatic rings. The Morgan fingerprint density at radius 3 is 2.61 bits per heavy atom. The van der Waals surface area contributed by atoms with E-state index in [0.717, 1.165) is 64.2 Å². The van der Waals surface area contributed by atoms with Crippen molar-refractivity contribution in [2.75, 3.05) is 37.6 Å². The van der Waals surface area contributed by atoms with Crippen LogP contribution in [-0.4, -0.2) is 77.4 Å². The van der Waals surface area contributed by atoms with Crippen molar-refractivity contribution in [2.24, 2.45) is 16.9 Å². The quantitative estimate of drug-likeness (QED) is 0.657. The number of anilines is 1. The van der Waals surface area contributed by atoms with E-state index in [4.69, 9.17) is 0 Å². The van der Waals surface area contributed by atoms with E-state index in [1.807, 2.05) is 9.80 Å². The Morgan fingerprint density at radius 2 is 1.86 bits per heavy atom. The summed E-state index contributed by atoms with van der Waals surface area (Å²) in [5.74, 6) is 1.87. The molecule has 0 bridgehead atoms. The maximum Gasteiger partial charge on any atom is 0.230 e. The van der Waals surface area contributed by atoms with Crippen molar-refractivity contribution in [3.05, 3.63) is 29.3 Å². The van der Waals surface area contributed by atoms with Gasteiger partial charge in [0.15, 0.2) is 6.29 Å². The number of hydrogen-bond acceptors (Lipinski definition) is 6. The zero-order valence-electron chi connectivity index (χ0n) is 22.4. The van der Waals surface area contributed by atoms with Gasteiger partial charge in [0.2, 0.25) is 11.8 Å². The van der Waals surface area contributed by atoms with Gasteiger partial charge in [0, 0.05) is 57.3 Å². The molecule has 5 rings (SSSR count). The van der Waals surface area contributed by atoms with Crippen LogP contribution in [0.4, 0.5) is 5.69 Å². The van der Waals surface area contributed by atoms with Crippen molar-refractivity contribution >= 4 is 23.3 Å². The number of benzene rings is 1. The minimum Gasteiger partial charge on any atom is -0.368 e. The van der Waals surface area contributed by atoms with E-state index in [0.29, 0.717) is 18.8 Å². The SMILES string of the molecule is Cc1ccc(C)c(N2CCN(C(=O)CCC3=NNC4N(CC(C)C)C(=O)C5CCCCC5N34)CC2)c1. The number of amidine groups is 1. The first kappa shape index (κ1) is 24.9. The molecule has 2 amide bonds. The van der Waals surface area contributed by atoms with Crippen LogP contribution in [0.2, 0.25) is 0 Å². The van der Waals surface area contributed by atoms with E-state index in [9.17, 15) is 9.59 Å². The number of hydrazone groups is 1. The Hall–Kier alpha value is -2.77. The number of carbonyl (C=O) groups excluding carboxylic acids is 2. The molecule has 3 aliphatic heterocycles. The number of carbonyl (C=O) groups is 2. The number of hydrogen-bond donors (Lipinski definition) is 1. The highest BCUT2D eigenvalue weighted by molar-refractivity contribution is 5.91. The van der Waals surface area contributed by atoms with Gasteiger partial charge >= 0.3 is 0 Å². The van der Waals surface area contributed by atoms with Gasteiger partial charge in [0.05, 0.1) is 5.92 Å². The summed E-state index contributed by atoms with van der Waals surface area (Å²) >= 11 is 0. The third-order valence-electron chi connectivity index (χ3n) is 8.31.